The first kappa shape index (κ1) is 20.3. The molecule has 3 aromatic rings. The van der Waals surface area contributed by atoms with Crippen LogP contribution >= 0.6 is 15.9 Å². The second-order valence-electron chi connectivity index (χ2n) is 7.20. The molecule has 0 atom stereocenters. The van der Waals surface area contributed by atoms with Gasteiger partial charge in [0.25, 0.3) is 5.91 Å². The largest absolute Gasteiger partial charge is 0.331 e. The predicted octanol–water partition coefficient (Wildman–Crippen LogP) is 3.97. The second kappa shape index (κ2) is 8.39. The number of carbonyl (C=O) groups excluding carboxylic acids is 2. The number of amides is 2. The number of nitrogens with zero attached hydrogens (tertiary/aromatic N) is 3. The van der Waals surface area contributed by atoms with Gasteiger partial charge >= 0.3 is 0 Å². The van der Waals surface area contributed by atoms with E-state index in [9.17, 15) is 14.0 Å². The van der Waals surface area contributed by atoms with Crippen molar-refractivity contribution in [2.45, 2.75) is 19.3 Å². The number of fused-ring (bicyclic) bond motifs is 1. The van der Waals surface area contributed by atoms with E-state index in [1.165, 1.54) is 17.0 Å². The minimum absolute atomic E-state index is 0.0989. The van der Waals surface area contributed by atoms with Gasteiger partial charge in [0.15, 0.2) is 5.69 Å². The molecular weight excluding hydrogens is 451 g/mol. The number of nitrogens with one attached hydrogen (secondary N) is 1. The molecule has 0 spiro atoms. The van der Waals surface area contributed by atoms with Gasteiger partial charge in [-0.3, -0.25) is 9.59 Å². The van der Waals surface area contributed by atoms with Crippen molar-refractivity contribution in [1.29, 1.82) is 0 Å². The summed E-state index contributed by atoms with van der Waals surface area (Å²) in [4.78, 5) is 26.8. The average Bonchev–Trinajstić information content (AvgIpc) is 3.33. The number of hydrogen-bond donors (Lipinski definition) is 1. The number of rotatable bonds is 5. The van der Waals surface area contributed by atoms with Gasteiger partial charge in [0.05, 0.1) is 17.9 Å². The number of hydrogen-bond acceptors (Lipinski definition) is 3. The fraction of sp³-hybridized carbons (Fsp3) is 0.227. The molecule has 1 N–H and O–H groups in total. The fourth-order valence-corrected chi connectivity index (χ4v) is 4.01. The Hall–Kier alpha value is -3.00. The van der Waals surface area contributed by atoms with Crippen LogP contribution in [0.4, 0.5) is 10.1 Å². The van der Waals surface area contributed by atoms with Gasteiger partial charge in [-0.15, -0.1) is 0 Å². The second-order valence-corrected chi connectivity index (χ2v) is 8.06. The number of para-hydroxylation sites is 1. The molecule has 0 bridgehead atoms. The van der Waals surface area contributed by atoms with E-state index in [1.807, 2.05) is 18.2 Å². The highest BCUT2D eigenvalue weighted by atomic mass is 79.9. The number of aromatic nitrogens is 2. The Kier molecular flexibility index (Phi) is 5.67. The van der Waals surface area contributed by atoms with E-state index in [1.54, 1.807) is 29.9 Å². The lowest BCUT2D eigenvalue weighted by Gasteiger charge is -2.16. The Morgan fingerprint density at radius 3 is 2.63 bits per heavy atom. The van der Waals surface area contributed by atoms with E-state index in [0.29, 0.717) is 17.1 Å². The molecule has 1 aliphatic carbocycles. The van der Waals surface area contributed by atoms with Crippen LogP contribution in [0.25, 0.3) is 5.69 Å². The molecule has 0 fully saturated rings. The van der Waals surface area contributed by atoms with Crippen molar-refractivity contribution in [3.05, 3.63) is 75.8 Å². The van der Waals surface area contributed by atoms with Gasteiger partial charge in [-0.2, -0.15) is 5.10 Å². The van der Waals surface area contributed by atoms with E-state index in [0.717, 1.165) is 35.0 Å². The highest BCUT2D eigenvalue weighted by Gasteiger charge is 2.29. The summed E-state index contributed by atoms with van der Waals surface area (Å²) in [6, 6.07) is 13.3. The first-order valence-corrected chi connectivity index (χ1v) is 10.4. The van der Waals surface area contributed by atoms with Crippen molar-refractivity contribution in [2.75, 3.05) is 18.9 Å². The summed E-state index contributed by atoms with van der Waals surface area (Å²) >= 11 is 3.39. The summed E-state index contributed by atoms with van der Waals surface area (Å²) in [6.45, 7) is -0.0989. The molecule has 6 nitrogen and oxygen atoms in total. The number of halogens is 2. The Morgan fingerprint density at radius 2 is 1.90 bits per heavy atom. The summed E-state index contributed by atoms with van der Waals surface area (Å²) in [6.07, 6.45) is 2.49. The Balaban J connectivity index is 1.53. The number of likely N-dealkylation sites (N-methyl/N-ethyl adjacent to an activating group) is 1. The zero-order valence-electron chi connectivity index (χ0n) is 16.4. The summed E-state index contributed by atoms with van der Waals surface area (Å²) in [7, 11) is 1.58. The Bertz CT molecular complexity index is 1110. The van der Waals surface area contributed by atoms with Crippen LogP contribution in [0, 0.1) is 5.82 Å². The average molecular weight is 471 g/mol. The van der Waals surface area contributed by atoms with Crippen molar-refractivity contribution in [3.63, 3.8) is 0 Å². The fourth-order valence-electron chi connectivity index (χ4n) is 3.63. The maximum atomic E-state index is 13.3. The minimum atomic E-state index is -0.324. The molecule has 1 heterocycles. The van der Waals surface area contributed by atoms with Crippen LogP contribution in [0.15, 0.2) is 53.0 Å². The van der Waals surface area contributed by atoms with Gasteiger partial charge in [0.2, 0.25) is 5.91 Å². The Labute approximate surface area is 181 Å². The van der Waals surface area contributed by atoms with Gasteiger partial charge in [-0.05, 0) is 71.6 Å². The van der Waals surface area contributed by atoms with Crippen molar-refractivity contribution in [2.24, 2.45) is 0 Å². The number of carbonyl (C=O) groups is 2. The molecule has 1 aromatic heterocycles. The third-order valence-electron chi connectivity index (χ3n) is 5.08. The number of anilines is 1. The van der Waals surface area contributed by atoms with Crippen molar-refractivity contribution in [1.82, 2.24) is 14.7 Å². The quantitative estimate of drug-likeness (QED) is 0.613. The van der Waals surface area contributed by atoms with Gasteiger partial charge in [0.1, 0.15) is 5.82 Å². The molecule has 154 valence electrons. The predicted molar refractivity (Wildman–Crippen MR) is 115 cm³/mol. The normalized spacial score (nSPS) is 12.5. The summed E-state index contributed by atoms with van der Waals surface area (Å²) in [5, 5.41) is 7.32. The molecule has 2 aromatic carbocycles. The SMILES string of the molecule is CN(CC(=O)Nc1ccccc1Br)C(=O)c1nn(-c2ccc(F)cc2)c2c1CCC2. The molecule has 0 saturated carbocycles. The maximum absolute atomic E-state index is 13.3. The lowest BCUT2D eigenvalue weighted by Crippen LogP contribution is -2.35. The topological polar surface area (TPSA) is 67.2 Å². The summed E-state index contributed by atoms with van der Waals surface area (Å²) in [5.41, 5.74) is 3.58. The molecule has 30 heavy (non-hydrogen) atoms. The van der Waals surface area contributed by atoms with Crippen LogP contribution in [-0.4, -0.2) is 40.1 Å². The van der Waals surface area contributed by atoms with E-state index < -0.39 is 0 Å². The monoisotopic (exact) mass is 470 g/mol. The van der Waals surface area contributed by atoms with Crippen molar-refractivity contribution < 1.29 is 14.0 Å². The molecule has 4 rings (SSSR count). The first-order chi connectivity index (χ1) is 14.4. The van der Waals surface area contributed by atoms with Crippen LogP contribution in [0.3, 0.4) is 0 Å². The van der Waals surface area contributed by atoms with Crippen LogP contribution in [-0.2, 0) is 17.6 Å². The molecule has 2 amide bonds. The van der Waals surface area contributed by atoms with E-state index in [2.05, 4.69) is 26.3 Å². The highest BCUT2D eigenvalue weighted by molar-refractivity contribution is 9.10. The summed E-state index contributed by atoms with van der Waals surface area (Å²) < 4.78 is 15.8. The van der Waals surface area contributed by atoms with E-state index in [4.69, 9.17) is 0 Å². The standard InChI is InChI=1S/C22H20BrFN4O2/c1-27(13-20(29)25-18-7-3-2-6-17(18)23)22(30)21-16-5-4-8-19(16)28(26-21)15-11-9-14(24)10-12-15/h2-3,6-7,9-12H,4-5,8,13H2,1H3,(H,25,29). The third-order valence-corrected chi connectivity index (χ3v) is 5.77. The zero-order chi connectivity index (χ0) is 21.3. The van der Waals surface area contributed by atoms with Gasteiger partial charge in [-0.1, -0.05) is 12.1 Å². The summed E-state index contributed by atoms with van der Waals surface area (Å²) in [5.74, 6) is -0.932. The van der Waals surface area contributed by atoms with E-state index >= 15 is 0 Å². The molecule has 0 radical (unpaired) electrons. The van der Waals surface area contributed by atoms with Crippen LogP contribution in [0.1, 0.15) is 28.2 Å². The smallest absolute Gasteiger partial charge is 0.274 e. The molecule has 1 aliphatic rings. The number of benzene rings is 2. The molecule has 8 heteroatoms. The molecule has 0 aliphatic heterocycles. The van der Waals surface area contributed by atoms with E-state index in [-0.39, 0.29) is 24.2 Å². The first-order valence-electron chi connectivity index (χ1n) is 9.60. The van der Waals surface area contributed by atoms with Crippen LogP contribution in [0.5, 0.6) is 0 Å². The van der Waals surface area contributed by atoms with Crippen LogP contribution < -0.4 is 5.32 Å². The highest BCUT2D eigenvalue weighted by Crippen LogP contribution is 2.28. The van der Waals surface area contributed by atoms with Crippen molar-refractivity contribution >= 4 is 33.4 Å². The lowest BCUT2D eigenvalue weighted by molar-refractivity contribution is -0.116. The van der Waals surface area contributed by atoms with Gasteiger partial charge in [-0.25, -0.2) is 9.07 Å². The van der Waals surface area contributed by atoms with Gasteiger partial charge in [0, 0.05) is 22.8 Å². The third kappa shape index (κ3) is 4.00. The molecule has 0 saturated heterocycles. The molecule has 0 unspecified atom stereocenters. The zero-order valence-corrected chi connectivity index (χ0v) is 17.9. The minimum Gasteiger partial charge on any atom is -0.331 e. The van der Waals surface area contributed by atoms with Crippen LogP contribution in [0.2, 0.25) is 0 Å². The molecular formula is C22H20BrFN4O2. The lowest BCUT2D eigenvalue weighted by atomic mass is 10.2. The van der Waals surface area contributed by atoms with Gasteiger partial charge < -0.3 is 10.2 Å². The Morgan fingerprint density at radius 1 is 1.17 bits per heavy atom. The maximum Gasteiger partial charge on any atom is 0.274 e. The van der Waals surface area contributed by atoms with Crippen molar-refractivity contribution in [3.8, 4) is 5.69 Å².